The third-order valence-electron chi connectivity index (χ3n) is 4.31. The Morgan fingerprint density at radius 2 is 1.90 bits per heavy atom. The van der Waals surface area contributed by atoms with Crippen LogP contribution in [0, 0.1) is 0 Å². The van der Waals surface area contributed by atoms with Crippen molar-refractivity contribution in [1.82, 2.24) is 5.32 Å². The number of fused-ring (bicyclic) bond motifs is 2. The van der Waals surface area contributed by atoms with Gasteiger partial charge in [-0.15, -0.1) is 0 Å². The Morgan fingerprint density at radius 3 is 2.70 bits per heavy atom. The number of hydrogen-bond donors (Lipinski definition) is 1. The van der Waals surface area contributed by atoms with E-state index in [9.17, 15) is 0 Å². The topological polar surface area (TPSA) is 30.5 Å². The van der Waals surface area contributed by atoms with Gasteiger partial charge in [0, 0.05) is 6.04 Å². The Morgan fingerprint density at radius 1 is 1.10 bits per heavy atom. The van der Waals surface area contributed by atoms with E-state index in [-0.39, 0.29) is 0 Å². The van der Waals surface area contributed by atoms with E-state index in [1.807, 2.05) is 0 Å². The van der Waals surface area contributed by atoms with Crippen LogP contribution in [0.25, 0.3) is 0 Å². The highest BCUT2D eigenvalue weighted by molar-refractivity contribution is 5.50. The SMILES string of the molecule is CCCCCCC1NCCc2cc3c(cc21)OCCO3. The van der Waals surface area contributed by atoms with Crippen LogP contribution in [0.5, 0.6) is 11.5 Å². The highest BCUT2D eigenvalue weighted by Gasteiger charge is 2.23. The molecule has 0 fully saturated rings. The molecule has 2 aliphatic rings. The van der Waals surface area contributed by atoms with Crippen molar-refractivity contribution < 1.29 is 9.47 Å². The normalized spacial score (nSPS) is 20.6. The quantitative estimate of drug-likeness (QED) is 0.833. The van der Waals surface area contributed by atoms with Gasteiger partial charge < -0.3 is 14.8 Å². The van der Waals surface area contributed by atoms with E-state index in [1.54, 1.807) is 0 Å². The van der Waals surface area contributed by atoms with Crippen LogP contribution in [0.2, 0.25) is 0 Å². The Kier molecular flexibility index (Phi) is 4.46. The van der Waals surface area contributed by atoms with Crippen LogP contribution in [-0.2, 0) is 6.42 Å². The molecule has 1 aromatic carbocycles. The van der Waals surface area contributed by atoms with E-state index < -0.39 is 0 Å². The molecule has 0 aliphatic carbocycles. The number of rotatable bonds is 5. The van der Waals surface area contributed by atoms with Gasteiger partial charge in [-0.2, -0.15) is 0 Å². The van der Waals surface area contributed by atoms with Crippen molar-refractivity contribution in [2.24, 2.45) is 0 Å². The summed E-state index contributed by atoms with van der Waals surface area (Å²) in [6.45, 7) is 4.67. The van der Waals surface area contributed by atoms with E-state index in [0.29, 0.717) is 19.3 Å². The first kappa shape index (κ1) is 13.7. The summed E-state index contributed by atoms with van der Waals surface area (Å²) in [5, 5.41) is 3.66. The zero-order valence-electron chi connectivity index (χ0n) is 12.4. The molecule has 2 aliphatic heterocycles. The molecule has 1 N–H and O–H groups in total. The summed E-state index contributed by atoms with van der Waals surface area (Å²) in [5.41, 5.74) is 2.87. The molecule has 3 nitrogen and oxygen atoms in total. The Balaban J connectivity index is 1.74. The highest BCUT2D eigenvalue weighted by atomic mass is 16.6. The van der Waals surface area contributed by atoms with Gasteiger partial charge in [0.2, 0.25) is 0 Å². The molecule has 1 atom stereocenters. The third-order valence-corrected chi connectivity index (χ3v) is 4.31. The van der Waals surface area contributed by atoms with Crippen LogP contribution in [-0.4, -0.2) is 19.8 Å². The summed E-state index contributed by atoms with van der Waals surface area (Å²) in [6.07, 6.45) is 7.62. The van der Waals surface area contributed by atoms with Crippen LogP contribution in [0.15, 0.2) is 12.1 Å². The van der Waals surface area contributed by atoms with Gasteiger partial charge in [-0.1, -0.05) is 32.6 Å². The van der Waals surface area contributed by atoms with E-state index >= 15 is 0 Å². The van der Waals surface area contributed by atoms with Crippen molar-refractivity contribution in [3.63, 3.8) is 0 Å². The number of nitrogens with one attached hydrogen (secondary N) is 1. The Hall–Kier alpha value is -1.22. The van der Waals surface area contributed by atoms with E-state index in [4.69, 9.17) is 9.47 Å². The molecular weight excluding hydrogens is 250 g/mol. The van der Waals surface area contributed by atoms with E-state index in [2.05, 4.69) is 24.4 Å². The summed E-state index contributed by atoms with van der Waals surface area (Å²) < 4.78 is 11.4. The molecule has 20 heavy (non-hydrogen) atoms. The first-order chi connectivity index (χ1) is 9.88. The molecule has 110 valence electrons. The maximum Gasteiger partial charge on any atom is 0.161 e. The molecule has 1 aromatic rings. The fourth-order valence-electron chi connectivity index (χ4n) is 3.21. The van der Waals surface area contributed by atoms with Crippen molar-refractivity contribution >= 4 is 0 Å². The second-order valence-corrected chi connectivity index (χ2v) is 5.80. The van der Waals surface area contributed by atoms with Gasteiger partial charge in [0.05, 0.1) is 0 Å². The van der Waals surface area contributed by atoms with Gasteiger partial charge in [-0.05, 0) is 42.6 Å². The van der Waals surface area contributed by atoms with Crippen LogP contribution in [0.4, 0.5) is 0 Å². The summed E-state index contributed by atoms with van der Waals surface area (Å²) in [4.78, 5) is 0. The van der Waals surface area contributed by atoms with Gasteiger partial charge in [0.1, 0.15) is 13.2 Å². The average Bonchev–Trinajstić information content (AvgIpc) is 2.50. The Labute approximate surface area is 121 Å². The van der Waals surface area contributed by atoms with Crippen molar-refractivity contribution in [3.8, 4) is 11.5 Å². The number of benzene rings is 1. The number of unbranched alkanes of at least 4 members (excludes halogenated alkanes) is 3. The van der Waals surface area contributed by atoms with Crippen molar-refractivity contribution in [2.45, 2.75) is 51.5 Å². The Bertz CT molecular complexity index is 459. The van der Waals surface area contributed by atoms with Crippen LogP contribution >= 0.6 is 0 Å². The predicted molar refractivity (Wildman–Crippen MR) is 80.6 cm³/mol. The molecule has 0 aromatic heterocycles. The summed E-state index contributed by atoms with van der Waals surface area (Å²) in [7, 11) is 0. The fraction of sp³-hybridized carbons (Fsp3) is 0.647. The summed E-state index contributed by atoms with van der Waals surface area (Å²) in [5.74, 6) is 1.86. The zero-order valence-corrected chi connectivity index (χ0v) is 12.4. The van der Waals surface area contributed by atoms with E-state index in [1.165, 1.54) is 43.2 Å². The lowest BCUT2D eigenvalue weighted by Crippen LogP contribution is -2.30. The third kappa shape index (κ3) is 2.93. The minimum absolute atomic E-state index is 0.492. The predicted octanol–water partition coefficient (Wildman–Crippen LogP) is 3.62. The monoisotopic (exact) mass is 275 g/mol. The molecule has 0 radical (unpaired) electrons. The zero-order chi connectivity index (χ0) is 13.8. The first-order valence-corrected chi connectivity index (χ1v) is 8.04. The van der Waals surface area contributed by atoms with Crippen LogP contribution < -0.4 is 14.8 Å². The second kappa shape index (κ2) is 6.49. The van der Waals surface area contributed by atoms with Gasteiger partial charge in [-0.3, -0.25) is 0 Å². The van der Waals surface area contributed by atoms with Gasteiger partial charge in [-0.25, -0.2) is 0 Å². The van der Waals surface area contributed by atoms with Crippen LogP contribution in [0.1, 0.15) is 56.2 Å². The summed E-state index contributed by atoms with van der Waals surface area (Å²) in [6, 6.07) is 4.90. The molecule has 0 saturated carbocycles. The molecule has 0 spiro atoms. The van der Waals surface area contributed by atoms with Gasteiger partial charge >= 0.3 is 0 Å². The van der Waals surface area contributed by atoms with Crippen molar-refractivity contribution in [3.05, 3.63) is 23.3 Å². The number of ether oxygens (including phenoxy) is 2. The minimum Gasteiger partial charge on any atom is -0.486 e. The smallest absolute Gasteiger partial charge is 0.161 e. The largest absolute Gasteiger partial charge is 0.486 e. The molecule has 0 bridgehead atoms. The molecule has 3 rings (SSSR count). The fourth-order valence-corrected chi connectivity index (χ4v) is 3.21. The molecular formula is C17H25NO2. The van der Waals surface area contributed by atoms with Crippen LogP contribution in [0.3, 0.4) is 0 Å². The lowest BCUT2D eigenvalue weighted by molar-refractivity contribution is 0.171. The number of hydrogen-bond acceptors (Lipinski definition) is 3. The molecule has 1 unspecified atom stereocenters. The maximum atomic E-state index is 5.73. The minimum atomic E-state index is 0.492. The lowest BCUT2D eigenvalue weighted by Gasteiger charge is -2.29. The first-order valence-electron chi connectivity index (χ1n) is 8.04. The van der Waals surface area contributed by atoms with Gasteiger partial charge in [0.25, 0.3) is 0 Å². The van der Waals surface area contributed by atoms with E-state index in [0.717, 1.165) is 24.5 Å². The molecule has 0 amide bonds. The standard InChI is InChI=1S/C17H25NO2/c1-2-3-4-5-6-15-14-12-17-16(19-9-10-20-17)11-13(14)7-8-18-15/h11-12,15,18H,2-10H2,1H3. The highest BCUT2D eigenvalue weighted by Crippen LogP contribution is 2.38. The molecule has 2 heterocycles. The van der Waals surface area contributed by atoms with Crippen molar-refractivity contribution in [1.29, 1.82) is 0 Å². The second-order valence-electron chi connectivity index (χ2n) is 5.80. The lowest BCUT2D eigenvalue weighted by atomic mass is 9.90. The summed E-state index contributed by atoms with van der Waals surface area (Å²) >= 11 is 0. The molecule has 0 saturated heterocycles. The molecule has 3 heteroatoms. The van der Waals surface area contributed by atoms with Gasteiger partial charge in [0.15, 0.2) is 11.5 Å². The van der Waals surface area contributed by atoms with Crippen molar-refractivity contribution in [2.75, 3.05) is 19.8 Å². The maximum absolute atomic E-state index is 5.73. The average molecular weight is 275 g/mol.